The lowest BCUT2D eigenvalue weighted by molar-refractivity contribution is -0.136. The number of rotatable bonds is 6. The third-order valence-electron chi connectivity index (χ3n) is 5.46. The molecule has 1 saturated heterocycles. The van der Waals surface area contributed by atoms with E-state index in [1.807, 2.05) is 11.5 Å². The van der Waals surface area contributed by atoms with Crippen LogP contribution in [0, 0.1) is 12.7 Å². The molecule has 1 aliphatic heterocycles. The molecule has 0 aliphatic carbocycles. The van der Waals surface area contributed by atoms with E-state index < -0.39 is 21.8 Å². The number of carboxylic acids is 1. The van der Waals surface area contributed by atoms with Gasteiger partial charge in [0.25, 0.3) is 0 Å². The summed E-state index contributed by atoms with van der Waals surface area (Å²) in [5.74, 6) is -1.39. The highest BCUT2D eigenvalue weighted by Crippen LogP contribution is 2.29. The van der Waals surface area contributed by atoms with Crippen LogP contribution in [0.25, 0.3) is 10.9 Å². The first kappa shape index (κ1) is 19.6. The highest BCUT2D eigenvalue weighted by molar-refractivity contribution is 7.89. The zero-order valence-electron chi connectivity index (χ0n) is 15.9. The van der Waals surface area contributed by atoms with Crippen molar-refractivity contribution in [2.24, 2.45) is 0 Å². The average molecular weight is 416 g/mol. The highest BCUT2D eigenvalue weighted by Gasteiger charge is 2.29. The predicted octanol–water partition coefficient (Wildman–Crippen LogP) is 3.16. The van der Waals surface area contributed by atoms with Gasteiger partial charge < -0.3 is 9.67 Å². The van der Waals surface area contributed by atoms with Gasteiger partial charge in [-0.2, -0.15) is 4.31 Å². The number of hydrogen-bond donors (Lipinski definition) is 1. The first-order valence-electron chi connectivity index (χ1n) is 9.35. The van der Waals surface area contributed by atoms with Gasteiger partial charge >= 0.3 is 5.97 Å². The summed E-state index contributed by atoms with van der Waals surface area (Å²) in [7, 11) is -3.43. The molecule has 0 amide bonds. The van der Waals surface area contributed by atoms with Crippen LogP contribution in [-0.2, 0) is 27.8 Å². The van der Waals surface area contributed by atoms with Gasteiger partial charge in [0.2, 0.25) is 10.0 Å². The van der Waals surface area contributed by atoms with Crippen molar-refractivity contribution in [1.82, 2.24) is 8.87 Å². The van der Waals surface area contributed by atoms with Crippen LogP contribution in [0.4, 0.5) is 4.39 Å². The third kappa shape index (κ3) is 3.54. The second kappa shape index (κ2) is 7.27. The lowest BCUT2D eigenvalue weighted by Gasteiger charge is -2.29. The lowest BCUT2D eigenvalue weighted by atomic mass is 10.1. The molecule has 0 bridgehead atoms. The molecule has 152 valence electrons. The number of benzene rings is 2. The van der Waals surface area contributed by atoms with Crippen molar-refractivity contribution in [3.63, 3.8) is 0 Å². The second-order valence-electron chi connectivity index (χ2n) is 7.28. The molecule has 2 aromatic carbocycles. The van der Waals surface area contributed by atoms with Crippen LogP contribution in [0.3, 0.4) is 0 Å². The minimum Gasteiger partial charge on any atom is -0.481 e. The molecular formula is C21H21FN2O4S. The van der Waals surface area contributed by atoms with Crippen LogP contribution in [-0.4, -0.2) is 41.5 Å². The molecule has 0 unspecified atom stereocenters. The third-order valence-corrected chi connectivity index (χ3v) is 7.37. The molecule has 2 heterocycles. The Labute approximate surface area is 168 Å². The Morgan fingerprint density at radius 1 is 1.14 bits per heavy atom. The van der Waals surface area contributed by atoms with E-state index in [1.165, 1.54) is 16.4 Å². The van der Waals surface area contributed by atoms with Gasteiger partial charge in [-0.05, 0) is 54.8 Å². The van der Waals surface area contributed by atoms with Crippen LogP contribution in [0.2, 0.25) is 0 Å². The van der Waals surface area contributed by atoms with Gasteiger partial charge in [-0.3, -0.25) is 4.79 Å². The number of halogens is 1. The largest absolute Gasteiger partial charge is 0.481 e. The van der Waals surface area contributed by atoms with Crippen molar-refractivity contribution < 1.29 is 22.7 Å². The van der Waals surface area contributed by atoms with Crippen molar-refractivity contribution in [2.75, 3.05) is 13.1 Å². The fraction of sp³-hybridized carbons (Fsp3) is 0.286. The molecule has 29 heavy (non-hydrogen) atoms. The van der Waals surface area contributed by atoms with Gasteiger partial charge in [0.1, 0.15) is 5.82 Å². The van der Waals surface area contributed by atoms with E-state index in [4.69, 9.17) is 0 Å². The second-order valence-corrected chi connectivity index (χ2v) is 9.22. The molecule has 1 aliphatic rings. The van der Waals surface area contributed by atoms with Crippen LogP contribution < -0.4 is 0 Å². The van der Waals surface area contributed by atoms with Crippen molar-refractivity contribution in [1.29, 1.82) is 0 Å². The molecule has 1 aromatic heterocycles. The number of sulfonamides is 1. The number of nitrogens with zero attached hydrogens (tertiary/aromatic N) is 2. The average Bonchev–Trinajstić information content (AvgIpc) is 2.85. The summed E-state index contributed by atoms with van der Waals surface area (Å²) >= 11 is 0. The molecule has 1 fully saturated rings. The highest BCUT2D eigenvalue weighted by atomic mass is 32.2. The molecule has 0 spiro atoms. The topological polar surface area (TPSA) is 79.6 Å². The molecule has 6 nitrogen and oxygen atoms in total. The molecule has 3 aromatic rings. The number of hydrogen-bond acceptors (Lipinski definition) is 3. The van der Waals surface area contributed by atoms with Gasteiger partial charge in [0.05, 0.1) is 11.3 Å². The Hall–Kier alpha value is -2.71. The molecule has 1 N–H and O–H groups in total. The van der Waals surface area contributed by atoms with Gasteiger partial charge in [-0.25, -0.2) is 12.8 Å². The monoisotopic (exact) mass is 416 g/mol. The molecule has 0 radical (unpaired) electrons. The summed E-state index contributed by atoms with van der Waals surface area (Å²) in [5, 5.41) is 9.82. The standard InChI is InChI=1S/C21H21FN2O4S/c1-14-18(12-21(25)26)19-11-16(22)5-8-20(19)24(14)13-15-3-6-17(7-4-15)29(27,28)23-9-2-10-23/h3-8,11H,2,9-10,12-13H2,1H3,(H,25,26). The Morgan fingerprint density at radius 2 is 1.83 bits per heavy atom. The summed E-state index contributed by atoms with van der Waals surface area (Å²) in [6, 6.07) is 11.1. The summed E-state index contributed by atoms with van der Waals surface area (Å²) in [5.41, 5.74) is 2.96. The minimum atomic E-state index is -3.43. The molecule has 4 rings (SSSR count). The summed E-state index contributed by atoms with van der Waals surface area (Å²) < 4.78 is 42.1. The van der Waals surface area contributed by atoms with Gasteiger partial charge in [-0.1, -0.05) is 12.1 Å². The van der Waals surface area contributed by atoms with Gasteiger partial charge in [0.15, 0.2) is 0 Å². The van der Waals surface area contributed by atoms with E-state index in [1.54, 1.807) is 30.3 Å². The maximum atomic E-state index is 13.8. The van der Waals surface area contributed by atoms with Crippen LogP contribution >= 0.6 is 0 Å². The van der Waals surface area contributed by atoms with Crippen molar-refractivity contribution >= 4 is 26.9 Å². The molecule has 0 saturated carbocycles. The predicted molar refractivity (Wildman–Crippen MR) is 107 cm³/mol. The Kier molecular flexibility index (Phi) is 4.92. The van der Waals surface area contributed by atoms with Gasteiger partial charge in [0, 0.05) is 36.2 Å². The maximum Gasteiger partial charge on any atom is 0.307 e. The quantitative estimate of drug-likeness (QED) is 0.670. The van der Waals surface area contributed by atoms with Crippen LogP contribution in [0.1, 0.15) is 23.2 Å². The fourth-order valence-corrected chi connectivity index (χ4v) is 5.25. The van der Waals surface area contributed by atoms with E-state index in [2.05, 4.69) is 0 Å². The number of carbonyl (C=O) groups is 1. The molecule has 8 heteroatoms. The van der Waals surface area contributed by atoms with E-state index >= 15 is 0 Å². The zero-order valence-corrected chi connectivity index (χ0v) is 16.7. The van der Waals surface area contributed by atoms with E-state index in [0.29, 0.717) is 30.6 Å². The zero-order chi connectivity index (χ0) is 20.8. The SMILES string of the molecule is Cc1c(CC(=O)O)c2cc(F)ccc2n1Cc1ccc(S(=O)(=O)N2CCC2)cc1. The van der Waals surface area contributed by atoms with Crippen LogP contribution in [0.5, 0.6) is 0 Å². The maximum absolute atomic E-state index is 13.8. The van der Waals surface area contributed by atoms with E-state index in [-0.39, 0.29) is 11.3 Å². The van der Waals surface area contributed by atoms with Crippen molar-refractivity contribution in [3.05, 3.63) is 65.1 Å². The summed E-state index contributed by atoms with van der Waals surface area (Å²) in [6.07, 6.45) is 0.697. The van der Waals surface area contributed by atoms with Crippen LogP contribution in [0.15, 0.2) is 47.4 Å². The first-order chi connectivity index (χ1) is 13.8. The first-order valence-corrected chi connectivity index (χ1v) is 10.8. The molecule has 0 atom stereocenters. The normalized spacial score (nSPS) is 14.8. The Bertz CT molecular complexity index is 1200. The smallest absolute Gasteiger partial charge is 0.307 e. The van der Waals surface area contributed by atoms with E-state index in [9.17, 15) is 22.7 Å². The number of aromatic nitrogens is 1. The number of carboxylic acid groups (broad SMARTS) is 1. The fourth-order valence-electron chi connectivity index (χ4n) is 3.73. The number of fused-ring (bicyclic) bond motifs is 1. The van der Waals surface area contributed by atoms with Crippen molar-refractivity contribution in [3.8, 4) is 0 Å². The lowest BCUT2D eigenvalue weighted by Crippen LogP contribution is -2.41. The van der Waals surface area contributed by atoms with Crippen molar-refractivity contribution in [2.45, 2.75) is 31.2 Å². The van der Waals surface area contributed by atoms with Gasteiger partial charge in [-0.15, -0.1) is 0 Å². The summed E-state index contributed by atoms with van der Waals surface area (Å²) in [6.45, 7) is 3.36. The summed E-state index contributed by atoms with van der Waals surface area (Å²) in [4.78, 5) is 11.5. The Balaban J connectivity index is 1.69. The van der Waals surface area contributed by atoms with E-state index in [0.717, 1.165) is 23.2 Å². The molecular weight excluding hydrogens is 395 g/mol. The Morgan fingerprint density at radius 3 is 2.41 bits per heavy atom. The number of aliphatic carboxylic acids is 1. The minimum absolute atomic E-state index is 0.189.